The SMILES string of the molecule is Cc1ccc(S(=O)(=O)N(C)C[C@@H]2Oc3ccc(NC(=O)C4CCCCC4)cc3CC(=O)N([C@@H](C)CO)C[C@H]2C)cc1. The zero-order valence-corrected chi connectivity index (χ0v) is 25.3. The van der Waals surface area contributed by atoms with Crippen LogP contribution in [-0.2, 0) is 26.0 Å². The number of hydrogen-bond acceptors (Lipinski definition) is 6. The molecule has 2 N–H and O–H groups in total. The molecule has 9 nitrogen and oxygen atoms in total. The van der Waals surface area contributed by atoms with Crippen LogP contribution in [0.5, 0.6) is 5.75 Å². The topological polar surface area (TPSA) is 116 Å². The molecule has 0 radical (unpaired) electrons. The zero-order valence-electron chi connectivity index (χ0n) is 24.5. The molecule has 0 saturated heterocycles. The number of anilines is 1. The number of fused-ring (bicyclic) bond motifs is 1. The number of hydrogen-bond donors (Lipinski definition) is 2. The van der Waals surface area contributed by atoms with E-state index in [1.165, 1.54) is 11.4 Å². The van der Waals surface area contributed by atoms with E-state index >= 15 is 0 Å². The van der Waals surface area contributed by atoms with Crippen LogP contribution in [-0.4, -0.2) is 73.4 Å². The summed E-state index contributed by atoms with van der Waals surface area (Å²) in [5, 5.41) is 12.9. The number of carbonyl (C=O) groups excluding carboxylic acids is 2. The Kier molecular flexibility index (Phi) is 10.1. The number of nitrogens with one attached hydrogen (secondary N) is 1. The van der Waals surface area contributed by atoms with E-state index in [2.05, 4.69) is 5.32 Å². The minimum absolute atomic E-state index is 0.00933. The summed E-state index contributed by atoms with van der Waals surface area (Å²) < 4.78 is 34.5. The Morgan fingerprint density at radius 3 is 2.49 bits per heavy atom. The Bertz CT molecular complexity index is 1320. The predicted molar refractivity (Wildman–Crippen MR) is 158 cm³/mol. The lowest BCUT2D eigenvalue weighted by atomic mass is 9.88. The van der Waals surface area contributed by atoms with Crippen molar-refractivity contribution in [3.05, 3.63) is 53.6 Å². The first-order valence-electron chi connectivity index (χ1n) is 14.5. The second-order valence-electron chi connectivity index (χ2n) is 11.6. The maximum absolute atomic E-state index is 13.5. The molecule has 0 spiro atoms. The molecule has 1 aliphatic heterocycles. The third-order valence-electron chi connectivity index (χ3n) is 8.33. The number of ether oxygens (including phenoxy) is 1. The van der Waals surface area contributed by atoms with Crippen molar-refractivity contribution in [3.8, 4) is 5.75 Å². The van der Waals surface area contributed by atoms with Gasteiger partial charge in [0.1, 0.15) is 11.9 Å². The van der Waals surface area contributed by atoms with Crippen molar-refractivity contribution in [1.82, 2.24) is 9.21 Å². The number of amides is 2. The van der Waals surface area contributed by atoms with Crippen molar-refractivity contribution in [3.63, 3.8) is 0 Å². The predicted octanol–water partition coefficient (Wildman–Crippen LogP) is 3.98. The van der Waals surface area contributed by atoms with Crippen molar-refractivity contribution in [2.24, 2.45) is 11.8 Å². The summed E-state index contributed by atoms with van der Waals surface area (Å²) in [7, 11) is -2.25. The number of aliphatic hydroxyl groups is 1. The van der Waals surface area contributed by atoms with Crippen LogP contribution in [0.2, 0.25) is 0 Å². The van der Waals surface area contributed by atoms with Gasteiger partial charge in [-0.05, 0) is 57.0 Å². The highest BCUT2D eigenvalue weighted by Crippen LogP contribution is 2.31. The molecule has 4 rings (SSSR count). The molecule has 3 atom stereocenters. The summed E-state index contributed by atoms with van der Waals surface area (Å²) in [6.07, 6.45) is 4.47. The molecule has 1 saturated carbocycles. The number of carbonyl (C=O) groups is 2. The molecule has 0 bridgehead atoms. The number of benzene rings is 2. The summed E-state index contributed by atoms with van der Waals surface area (Å²) in [5.74, 6) is 0.0416. The van der Waals surface area contributed by atoms with Gasteiger partial charge in [-0.15, -0.1) is 0 Å². The highest BCUT2D eigenvalue weighted by Gasteiger charge is 2.33. The molecular formula is C31H43N3O6S. The molecule has 224 valence electrons. The molecule has 0 aromatic heterocycles. The maximum atomic E-state index is 13.5. The lowest BCUT2D eigenvalue weighted by Gasteiger charge is -2.33. The normalized spacial score (nSPS) is 21.3. The van der Waals surface area contributed by atoms with Crippen LogP contribution in [0.3, 0.4) is 0 Å². The standard InChI is InChI=1S/C31H43N3O6S/c1-21-10-13-27(14-11-21)41(38,39)33(4)19-29-22(2)18-34(23(3)20-35)30(36)17-25-16-26(12-15-28(25)40-29)32-31(37)24-8-6-5-7-9-24/h10-16,22-24,29,35H,5-9,17-20H2,1-4H3,(H,32,37)/t22-,23+,29+/m1/s1. The third-order valence-corrected chi connectivity index (χ3v) is 10.2. The second kappa shape index (κ2) is 13.4. The summed E-state index contributed by atoms with van der Waals surface area (Å²) in [5.41, 5.74) is 2.17. The average Bonchev–Trinajstić information content (AvgIpc) is 3.00. The Morgan fingerprint density at radius 1 is 1.15 bits per heavy atom. The number of rotatable bonds is 8. The van der Waals surface area contributed by atoms with Crippen LogP contribution in [0.1, 0.15) is 57.1 Å². The summed E-state index contributed by atoms with van der Waals surface area (Å²) in [4.78, 5) is 28.2. The number of nitrogens with zero attached hydrogens (tertiary/aromatic N) is 2. The van der Waals surface area contributed by atoms with E-state index in [0.29, 0.717) is 23.5 Å². The van der Waals surface area contributed by atoms with Crippen LogP contribution >= 0.6 is 0 Å². The van der Waals surface area contributed by atoms with E-state index in [9.17, 15) is 23.1 Å². The molecule has 2 amide bonds. The summed E-state index contributed by atoms with van der Waals surface area (Å²) >= 11 is 0. The van der Waals surface area contributed by atoms with E-state index < -0.39 is 22.2 Å². The molecule has 10 heteroatoms. The number of aryl methyl sites for hydroxylation is 1. The third kappa shape index (κ3) is 7.47. The van der Waals surface area contributed by atoms with Crippen LogP contribution in [0, 0.1) is 18.8 Å². The summed E-state index contributed by atoms with van der Waals surface area (Å²) in [6.45, 7) is 5.77. The first-order valence-corrected chi connectivity index (χ1v) is 16.0. The van der Waals surface area contributed by atoms with E-state index in [4.69, 9.17) is 4.74 Å². The minimum Gasteiger partial charge on any atom is -0.488 e. The lowest BCUT2D eigenvalue weighted by Crippen LogP contribution is -2.48. The lowest BCUT2D eigenvalue weighted by molar-refractivity contribution is -0.134. The van der Waals surface area contributed by atoms with Crippen LogP contribution in [0.15, 0.2) is 47.4 Å². The molecule has 1 heterocycles. The first kappa shape index (κ1) is 31.0. The van der Waals surface area contributed by atoms with Gasteiger partial charge in [0.15, 0.2) is 0 Å². The average molecular weight is 586 g/mol. The van der Waals surface area contributed by atoms with Crippen LogP contribution in [0.25, 0.3) is 0 Å². The Morgan fingerprint density at radius 2 is 1.83 bits per heavy atom. The number of sulfonamides is 1. The first-order chi connectivity index (χ1) is 19.5. The van der Waals surface area contributed by atoms with Gasteiger partial charge in [0.2, 0.25) is 21.8 Å². The molecule has 2 aromatic rings. The van der Waals surface area contributed by atoms with Gasteiger partial charge in [-0.2, -0.15) is 4.31 Å². The largest absolute Gasteiger partial charge is 0.488 e. The quantitative estimate of drug-likeness (QED) is 0.484. The van der Waals surface area contributed by atoms with Crippen LogP contribution < -0.4 is 10.1 Å². The van der Waals surface area contributed by atoms with Gasteiger partial charge in [-0.3, -0.25) is 9.59 Å². The minimum atomic E-state index is -3.78. The van der Waals surface area contributed by atoms with E-state index in [-0.39, 0.29) is 48.1 Å². The van der Waals surface area contributed by atoms with Crippen molar-refractivity contribution >= 4 is 27.5 Å². The van der Waals surface area contributed by atoms with Gasteiger partial charge in [-0.25, -0.2) is 8.42 Å². The molecule has 0 unspecified atom stereocenters. The van der Waals surface area contributed by atoms with E-state index in [1.807, 2.05) is 13.8 Å². The monoisotopic (exact) mass is 585 g/mol. The molecule has 2 aromatic carbocycles. The zero-order chi connectivity index (χ0) is 29.7. The highest BCUT2D eigenvalue weighted by molar-refractivity contribution is 7.89. The van der Waals surface area contributed by atoms with Crippen molar-refractivity contribution in [1.29, 1.82) is 0 Å². The van der Waals surface area contributed by atoms with Gasteiger partial charge in [0, 0.05) is 36.7 Å². The molecule has 1 aliphatic carbocycles. The Labute approximate surface area is 243 Å². The van der Waals surface area contributed by atoms with E-state index in [1.54, 1.807) is 54.3 Å². The maximum Gasteiger partial charge on any atom is 0.242 e. The van der Waals surface area contributed by atoms with Gasteiger partial charge in [0.25, 0.3) is 0 Å². The molecule has 2 aliphatic rings. The molecule has 1 fully saturated rings. The summed E-state index contributed by atoms with van der Waals surface area (Å²) in [6, 6.07) is 11.6. The highest BCUT2D eigenvalue weighted by atomic mass is 32.2. The Balaban J connectivity index is 1.62. The van der Waals surface area contributed by atoms with Gasteiger partial charge in [0.05, 0.1) is 30.5 Å². The van der Waals surface area contributed by atoms with Gasteiger partial charge >= 0.3 is 0 Å². The smallest absolute Gasteiger partial charge is 0.242 e. The fourth-order valence-electron chi connectivity index (χ4n) is 5.58. The van der Waals surface area contributed by atoms with Gasteiger partial charge in [-0.1, -0.05) is 43.9 Å². The Hall–Kier alpha value is -2.95. The fourth-order valence-corrected chi connectivity index (χ4v) is 6.76. The van der Waals surface area contributed by atoms with Gasteiger partial charge < -0.3 is 20.1 Å². The number of aliphatic hydroxyl groups excluding tert-OH is 1. The van der Waals surface area contributed by atoms with E-state index in [0.717, 1.165) is 37.7 Å². The number of likely N-dealkylation sites (N-methyl/N-ethyl adjacent to an activating group) is 1. The molecular weight excluding hydrogens is 542 g/mol. The second-order valence-corrected chi connectivity index (χ2v) is 13.7. The van der Waals surface area contributed by atoms with Crippen molar-refractivity contribution in [2.75, 3.05) is 32.1 Å². The molecule has 41 heavy (non-hydrogen) atoms. The van der Waals surface area contributed by atoms with Crippen molar-refractivity contribution < 1.29 is 27.9 Å². The fraction of sp³-hybridized carbons (Fsp3) is 0.548. The van der Waals surface area contributed by atoms with Crippen LogP contribution in [0.4, 0.5) is 5.69 Å². The van der Waals surface area contributed by atoms with Crippen molar-refractivity contribution in [2.45, 2.75) is 76.3 Å².